The summed E-state index contributed by atoms with van der Waals surface area (Å²) in [6.07, 6.45) is 3.61. The summed E-state index contributed by atoms with van der Waals surface area (Å²) < 4.78 is 0. The van der Waals surface area contributed by atoms with E-state index in [1.807, 2.05) is 32.2 Å². The average molecular weight is 261 g/mol. The maximum atomic E-state index is 9.98. The van der Waals surface area contributed by atoms with Crippen LogP contribution in [0.25, 0.3) is 10.6 Å². The highest BCUT2D eigenvalue weighted by Crippen LogP contribution is 2.30. The molecule has 0 saturated heterocycles. The Bertz CT molecular complexity index is 525. The lowest BCUT2D eigenvalue weighted by Gasteiger charge is -2.18. The van der Waals surface area contributed by atoms with Crippen molar-refractivity contribution in [3.05, 3.63) is 40.9 Å². The zero-order valence-electron chi connectivity index (χ0n) is 11.1. The van der Waals surface area contributed by atoms with Gasteiger partial charge in [0, 0.05) is 23.1 Å². The molecule has 2 rings (SSSR count). The molecule has 0 radical (unpaired) electrons. The fourth-order valence-corrected chi connectivity index (χ4v) is 2.86. The standard InChI is InChI=1S/C15H19NOS/c1-4-12-10-16-14(18-12)13-8-6-5-7-11(13)9-15(2,3)17/h5-8,10,17H,4,9H2,1-3H3. The van der Waals surface area contributed by atoms with Gasteiger partial charge in [-0.1, -0.05) is 31.2 Å². The third-order valence-corrected chi connectivity index (χ3v) is 3.95. The van der Waals surface area contributed by atoms with E-state index in [1.165, 1.54) is 4.88 Å². The first-order valence-corrected chi connectivity index (χ1v) is 7.06. The third-order valence-electron chi connectivity index (χ3n) is 2.77. The van der Waals surface area contributed by atoms with Crippen LogP contribution in [0.4, 0.5) is 0 Å². The van der Waals surface area contributed by atoms with Gasteiger partial charge in [-0.2, -0.15) is 0 Å². The highest BCUT2D eigenvalue weighted by Gasteiger charge is 2.17. The Morgan fingerprint density at radius 3 is 2.61 bits per heavy atom. The van der Waals surface area contributed by atoms with Crippen LogP contribution < -0.4 is 0 Å². The van der Waals surface area contributed by atoms with Crippen molar-refractivity contribution in [1.82, 2.24) is 4.98 Å². The molecule has 0 spiro atoms. The van der Waals surface area contributed by atoms with Crippen molar-refractivity contribution < 1.29 is 5.11 Å². The van der Waals surface area contributed by atoms with Crippen LogP contribution in [-0.4, -0.2) is 15.7 Å². The van der Waals surface area contributed by atoms with E-state index in [1.54, 1.807) is 11.3 Å². The van der Waals surface area contributed by atoms with Crippen LogP contribution in [0.2, 0.25) is 0 Å². The van der Waals surface area contributed by atoms with E-state index in [-0.39, 0.29) is 0 Å². The molecule has 0 aliphatic carbocycles. The number of nitrogens with zero attached hydrogens (tertiary/aromatic N) is 1. The van der Waals surface area contributed by atoms with Crippen molar-refractivity contribution in [2.45, 2.75) is 39.2 Å². The molecule has 1 aromatic heterocycles. The molecule has 1 N–H and O–H groups in total. The first-order chi connectivity index (χ1) is 8.49. The summed E-state index contributed by atoms with van der Waals surface area (Å²) in [5.41, 5.74) is 1.60. The number of hydrogen-bond donors (Lipinski definition) is 1. The minimum absolute atomic E-state index is 0.643. The third kappa shape index (κ3) is 3.18. The van der Waals surface area contributed by atoms with Gasteiger partial charge < -0.3 is 5.11 Å². The molecule has 0 unspecified atom stereocenters. The van der Waals surface area contributed by atoms with Crippen molar-refractivity contribution >= 4 is 11.3 Å². The molecular weight excluding hydrogens is 242 g/mol. The van der Waals surface area contributed by atoms with Gasteiger partial charge in [0.05, 0.1) is 5.60 Å². The van der Waals surface area contributed by atoms with Crippen molar-refractivity contribution in [1.29, 1.82) is 0 Å². The van der Waals surface area contributed by atoms with Gasteiger partial charge >= 0.3 is 0 Å². The van der Waals surface area contributed by atoms with Gasteiger partial charge in [-0.05, 0) is 25.8 Å². The van der Waals surface area contributed by atoms with E-state index < -0.39 is 5.60 Å². The number of benzene rings is 1. The van der Waals surface area contributed by atoms with Gasteiger partial charge in [0.25, 0.3) is 0 Å². The molecule has 1 heterocycles. The number of aromatic nitrogens is 1. The van der Waals surface area contributed by atoms with Crippen molar-refractivity contribution in [3.63, 3.8) is 0 Å². The Balaban J connectivity index is 2.38. The fraction of sp³-hybridized carbons (Fsp3) is 0.400. The molecule has 18 heavy (non-hydrogen) atoms. The van der Waals surface area contributed by atoms with E-state index in [2.05, 4.69) is 24.0 Å². The van der Waals surface area contributed by atoms with Crippen LogP contribution in [0.15, 0.2) is 30.5 Å². The highest BCUT2D eigenvalue weighted by molar-refractivity contribution is 7.15. The Kier molecular flexibility index (Phi) is 3.83. The monoisotopic (exact) mass is 261 g/mol. The molecule has 0 aliphatic heterocycles. The summed E-state index contributed by atoms with van der Waals surface area (Å²) in [7, 11) is 0. The normalized spacial score (nSPS) is 11.8. The van der Waals surface area contributed by atoms with Crippen molar-refractivity contribution in [2.24, 2.45) is 0 Å². The first kappa shape index (κ1) is 13.2. The highest BCUT2D eigenvalue weighted by atomic mass is 32.1. The van der Waals surface area contributed by atoms with Crippen LogP contribution in [0.5, 0.6) is 0 Å². The first-order valence-electron chi connectivity index (χ1n) is 6.25. The second-order valence-corrected chi connectivity index (χ2v) is 6.25. The van der Waals surface area contributed by atoms with E-state index in [0.29, 0.717) is 6.42 Å². The number of rotatable bonds is 4. The molecule has 1 aromatic carbocycles. The molecule has 3 heteroatoms. The van der Waals surface area contributed by atoms with E-state index in [9.17, 15) is 5.11 Å². The van der Waals surface area contributed by atoms with E-state index in [0.717, 1.165) is 22.6 Å². The molecule has 0 aliphatic rings. The SMILES string of the molecule is CCc1cnc(-c2ccccc2CC(C)(C)O)s1. The molecule has 2 nitrogen and oxygen atoms in total. The van der Waals surface area contributed by atoms with E-state index in [4.69, 9.17) is 0 Å². The van der Waals surface area contributed by atoms with Crippen LogP contribution in [0, 0.1) is 0 Å². The Morgan fingerprint density at radius 1 is 1.28 bits per heavy atom. The van der Waals surface area contributed by atoms with Gasteiger partial charge in [-0.25, -0.2) is 4.98 Å². The smallest absolute Gasteiger partial charge is 0.123 e. The van der Waals surface area contributed by atoms with E-state index >= 15 is 0 Å². The van der Waals surface area contributed by atoms with Crippen LogP contribution in [0.3, 0.4) is 0 Å². The lowest BCUT2D eigenvalue weighted by Crippen LogP contribution is -2.22. The summed E-state index contributed by atoms with van der Waals surface area (Å²) >= 11 is 1.73. The van der Waals surface area contributed by atoms with Crippen LogP contribution in [-0.2, 0) is 12.8 Å². The summed E-state index contributed by atoms with van der Waals surface area (Å²) in [6, 6.07) is 8.19. The molecule has 0 atom stereocenters. The van der Waals surface area contributed by atoms with Crippen LogP contribution >= 0.6 is 11.3 Å². The van der Waals surface area contributed by atoms with Crippen molar-refractivity contribution in [2.75, 3.05) is 0 Å². The van der Waals surface area contributed by atoms with Crippen LogP contribution in [0.1, 0.15) is 31.2 Å². The number of hydrogen-bond acceptors (Lipinski definition) is 3. The molecule has 0 saturated carbocycles. The maximum absolute atomic E-state index is 9.98. The summed E-state index contributed by atoms with van der Waals surface area (Å²) in [5.74, 6) is 0. The van der Waals surface area contributed by atoms with Gasteiger partial charge in [-0.3, -0.25) is 0 Å². The summed E-state index contributed by atoms with van der Waals surface area (Å²) in [6.45, 7) is 5.81. The van der Waals surface area contributed by atoms with Gasteiger partial charge in [0.15, 0.2) is 0 Å². The predicted molar refractivity (Wildman–Crippen MR) is 76.9 cm³/mol. The largest absolute Gasteiger partial charge is 0.390 e. The quantitative estimate of drug-likeness (QED) is 0.910. The molecule has 2 aromatic rings. The van der Waals surface area contributed by atoms with Gasteiger partial charge in [0.1, 0.15) is 5.01 Å². The van der Waals surface area contributed by atoms with Gasteiger partial charge in [-0.15, -0.1) is 11.3 Å². The molecule has 96 valence electrons. The fourth-order valence-electron chi connectivity index (χ4n) is 1.94. The lowest BCUT2D eigenvalue weighted by atomic mass is 9.95. The minimum Gasteiger partial charge on any atom is -0.390 e. The summed E-state index contributed by atoms with van der Waals surface area (Å²) in [4.78, 5) is 5.78. The zero-order chi connectivity index (χ0) is 13.2. The summed E-state index contributed by atoms with van der Waals surface area (Å²) in [5, 5.41) is 11.0. The number of aliphatic hydroxyl groups is 1. The maximum Gasteiger partial charge on any atom is 0.123 e. The predicted octanol–water partition coefficient (Wildman–Crippen LogP) is 3.69. The topological polar surface area (TPSA) is 33.1 Å². The lowest BCUT2D eigenvalue weighted by molar-refractivity contribution is 0.0811. The molecule has 0 bridgehead atoms. The average Bonchev–Trinajstić information content (AvgIpc) is 2.76. The molecule has 0 fully saturated rings. The Hall–Kier alpha value is -1.19. The number of aryl methyl sites for hydroxylation is 1. The second-order valence-electron chi connectivity index (χ2n) is 5.13. The molecule has 0 amide bonds. The zero-order valence-corrected chi connectivity index (χ0v) is 11.9. The number of thiazole rings is 1. The Labute approximate surface area is 112 Å². The second kappa shape index (κ2) is 5.21. The Morgan fingerprint density at radius 2 is 2.00 bits per heavy atom. The van der Waals surface area contributed by atoms with Crippen molar-refractivity contribution in [3.8, 4) is 10.6 Å². The van der Waals surface area contributed by atoms with Gasteiger partial charge in [0.2, 0.25) is 0 Å². The minimum atomic E-state index is -0.694. The molecular formula is C15H19NOS.